The van der Waals surface area contributed by atoms with Gasteiger partial charge in [-0.25, -0.2) is 9.59 Å². The predicted molar refractivity (Wildman–Crippen MR) is 191 cm³/mol. The van der Waals surface area contributed by atoms with Gasteiger partial charge < -0.3 is 28.3 Å². The summed E-state index contributed by atoms with van der Waals surface area (Å²) < 4.78 is 40.5. The third-order valence-corrected chi connectivity index (χ3v) is 12.4. The second-order valence-electron chi connectivity index (χ2n) is 15.8. The summed E-state index contributed by atoms with van der Waals surface area (Å²) in [5.41, 5.74) is 1.22. The van der Waals surface area contributed by atoms with Gasteiger partial charge in [-0.05, 0) is 131 Å². The standard InChI is InChI=1S/C41H56FNO9/c1-25(24-42)28-10-12-30(13-11-28)39(45)43-20-19-34(29-14-16-32(48-3)17-15-29)38(43)35(44)22-27-9-18-36-31(21-27)23-37(52-36)40(46)49-26(2)50-41(47)51-33-7-5-4-6-8-33/h9,18,21,23,25-26,28-30,32-34,38H,4-8,10-17,19-20,22,24H2,1-3H3/t25-,26?,28?,29?,30?,32?,34+,38+/m1/s1. The normalized spacial score (nSPS) is 28.3. The van der Waals surface area contributed by atoms with Crippen LogP contribution in [-0.4, -0.2) is 73.6 Å². The van der Waals surface area contributed by atoms with Crippen molar-refractivity contribution in [2.24, 2.45) is 29.6 Å². The van der Waals surface area contributed by atoms with Crippen molar-refractivity contribution < 1.29 is 46.9 Å². The van der Waals surface area contributed by atoms with Gasteiger partial charge in [0.25, 0.3) is 0 Å². The molecule has 4 fully saturated rings. The number of amides is 1. The lowest BCUT2D eigenvalue weighted by Gasteiger charge is -2.37. The number of alkyl halides is 1. The zero-order chi connectivity index (χ0) is 36.8. The molecule has 2 aromatic rings. The number of rotatable bonds is 12. The first-order valence-electron chi connectivity index (χ1n) is 19.7. The third kappa shape index (κ3) is 9.18. The van der Waals surface area contributed by atoms with Gasteiger partial charge in [-0.2, -0.15) is 0 Å². The fourth-order valence-corrected chi connectivity index (χ4v) is 9.34. The van der Waals surface area contributed by atoms with E-state index in [2.05, 4.69) is 0 Å². The van der Waals surface area contributed by atoms with Gasteiger partial charge in [0.15, 0.2) is 5.78 Å². The molecule has 0 bridgehead atoms. The van der Waals surface area contributed by atoms with Gasteiger partial charge >= 0.3 is 12.1 Å². The van der Waals surface area contributed by atoms with E-state index < -0.39 is 24.5 Å². The molecule has 3 aliphatic carbocycles. The number of benzene rings is 1. The van der Waals surface area contributed by atoms with Crippen molar-refractivity contribution in [1.29, 1.82) is 0 Å². The zero-order valence-corrected chi connectivity index (χ0v) is 31.0. The first-order chi connectivity index (χ1) is 25.1. The van der Waals surface area contributed by atoms with Crippen LogP contribution in [-0.2, 0) is 35.0 Å². The lowest BCUT2D eigenvalue weighted by molar-refractivity contribution is -0.143. The Labute approximate surface area is 306 Å². The average molecular weight is 726 g/mol. The van der Waals surface area contributed by atoms with Gasteiger partial charge in [0.1, 0.15) is 11.7 Å². The summed E-state index contributed by atoms with van der Waals surface area (Å²) in [7, 11) is 1.76. The summed E-state index contributed by atoms with van der Waals surface area (Å²) >= 11 is 0. The largest absolute Gasteiger partial charge is 0.511 e. The van der Waals surface area contributed by atoms with E-state index in [4.69, 9.17) is 23.4 Å². The molecule has 3 saturated carbocycles. The van der Waals surface area contributed by atoms with Crippen molar-refractivity contribution in [2.75, 3.05) is 20.3 Å². The molecule has 1 aliphatic heterocycles. The van der Waals surface area contributed by atoms with Gasteiger partial charge in [0.05, 0.1) is 18.8 Å². The molecule has 2 heterocycles. The van der Waals surface area contributed by atoms with Gasteiger partial charge in [-0.1, -0.05) is 19.4 Å². The number of carbonyl (C=O) groups is 4. The van der Waals surface area contributed by atoms with Crippen molar-refractivity contribution in [3.8, 4) is 0 Å². The number of nitrogens with zero attached hydrogens (tertiary/aromatic N) is 1. The highest BCUT2D eigenvalue weighted by Crippen LogP contribution is 2.42. The lowest BCUT2D eigenvalue weighted by Crippen LogP contribution is -2.48. The Kier molecular flexibility index (Phi) is 12.9. The van der Waals surface area contributed by atoms with Crippen LogP contribution in [0.2, 0.25) is 0 Å². The fraction of sp³-hybridized carbons (Fsp3) is 0.707. The molecule has 1 saturated heterocycles. The SMILES string of the molecule is COC1CCC([C@@H]2CCN(C(=O)C3CCC([C@H](C)CF)CC3)[C@@H]2C(=O)Cc2ccc3oc(C(=O)OC(C)OC(=O)OC4CCCCC4)cc3c2)CC1. The van der Waals surface area contributed by atoms with Crippen LogP contribution in [0.4, 0.5) is 9.18 Å². The van der Waals surface area contributed by atoms with Crippen molar-refractivity contribution in [2.45, 2.75) is 135 Å². The van der Waals surface area contributed by atoms with Gasteiger partial charge in [-0.3, -0.25) is 14.0 Å². The Morgan fingerprint density at radius 1 is 0.865 bits per heavy atom. The predicted octanol–water partition coefficient (Wildman–Crippen LogP) is 8.37. The zero-order valence-electron chi connectivity index (χ0n) is 31.0. The highest BCUT2D eigenvalue weighted by molar-refractivity contribution is 5.95. The number of furan rings is 1. The molecule has 286 valence electrons. The molecule has 0 N–H and O–H groups in total. The second kappa shape index (κ2) is 17.6. The number of ether oxygens (including phenoxy) is 4. The molecule has 1 amide bonds. The van der Waals surface area contributed by atoms with Gasteiger partial charge in [0, 0.05) is 38.3 Å². The van der Waals surface area contributed by atoms with Crippen molar-refractivity contribution in [1.82, 2.24) is 4.90 Å². The number of likely N-dealkylation sites (tertiary alicyclic amines) is 1. The summed E-state index contributed by atoms with van der Waals surface area (Å²) in [4.78, 5) is 55.4. The van der Waals surface area contributed by atoms with E-state index in [1.165, 1.54) is 6.92 Å². The molecule has 10 nitrogen and oxygen atoms in total. The summed E-state index contributed by atoms with van der Waals surface area (Å²) in [5.74, 6) is -0.0969. The number of halogens is 1. The van der Waals surface area contributed by atoms with E-state index in [0.717, 1.165) is 95.5 Å². The molecule has 1 unspecified atom stereocenters. The minimum absolute atomic E-state index is 0.0112. The second-order valence-corrected chi connectivity index (χ2v) is 15.8. The van der Waals surface area contributed by atoms with Crippen LogP contribution in [0.25, 0.3) is 11.0 Å². The number of fused-ring (bicyclic) bond motifs is 1. The van der Waals surface area contributed by atoms with Crippen LogP contribution >= 0.6 is 0 Å². The molecule has 4 aliphatic rings. The number of ketones is 1. The maximum atomic E-state index is 14.3. The number of Topliss-reactive ketones (excluding diaryl/α,β-unsaturated/α-hetero) is 1. The van der Waals surface area contributed by atoms with Gasteiger partial charge in [-0.15, -0.1) is 0 Å². The first-order valence-corrected chi connectivity index (χ1v) is 19.7. The highest BCUT2D eigenvalue weighted by atomic mass is 19.1. The van der Waals surface area contributed by atoms with E-state index in [1.807, 2.05) is 24.0 Å². The minimum Gasteiger partial charge on any atom is -0.449 e. The monoisotopic (exact) mass is 725 g/mol. The minimum atomic E-state index is -1.17. The molecular weight excluding hydrogens is 669 g/mol. The maximum Gasteiger partial charge on any atom is 0.511 e. The quantitative estimate of drug-likeness (QED) is 0.157. The van der Waals surface area contributed by atoms with Crippen LogP contribution in [0, 0.1) is 29.6 Å². The topological polar surface area (TPSA) is 122 Å². The molecule has 4 atom stereocenters. The Hall–Kier alpha value is -3.47. The van der Waals surface area contributed by atoms with E-state index in [9.17, 15) is 23.6 Å². The first kappa shape index (κ1) is 38.3. The fourth-order valence-electron chi connectivity index (χ4n) is 9.34. The molecule has 11 heteroatoms. The van der Waals surface area contributed by atoms with Crippen molar-refractivity contribution in [3.05, 3.63) is 35.6 Å². The van der Waals surface area contributed by atoms with Crippen molar-refractivity contribution in [3.63, 3.8) is 0 Å². The average Bonchev–Trinajstić information content (AvgIpc) is 3.80. The number of methoxy groups -OCH3 is 1. The van der Waals surface area contributed by atoms with Crippen LogP contribution in [0.1, 0.15) is 120 Å². The summed E-state index contributed by atoms with van der Waals surface area (Å²) in [5, 5.41) is 0.635. The molecule has 0 radical (unpaired) electrons. The van der Waals surface area contributed by atoms with E-state index in [0.29, 0.717) is 29.3 Å². The Morgan fingerprint density at radius 3 is 2.29 bits per heavy atom. The Bertz CT molecular complexity index is 1540. The number of esters is 1. The molecular formula is C41H56FNO9. The maximum absolute atomic E-state index is 14.3. The van der Waals surface area contributed by atoms with E-state index >= 15 is 0 Å². The van der Waals surface area contributed by atoms with Crippen LogP contribution in [0.3, 0.4) is 0 Å². The molecule has 6 rings (SSSR count). The molecule has 1 aromatic carbocycles. The van der Waals surface area contributed by atoms with Crippen LogP contribution < -0.4 is 0 Å². The van der Waals surface area contributed by atoms with E-state index in [-0.39, 0.29) is 60.5 Å². The Morgan fingerprint density at radius 2 is 1.60 bits per heavy atom. The third-order valence-electron chi connectivity index (χ3n) is 12.4. The molecule has 0 spiro atoms. The smallest absolute Gasteiger partial charge is 0.449 e. The van der Waals surface area contributed by atoms with E-state index in [1.54, 1.807) is 19.2 Å². The summed E-state index contributed by atoms with van der Waals surface area (Å²) in [6, 6.07) is 6.45. The number of hydrogen-bond acceptors (Lipinski definition) is 9. The Balaban J connectivity index is 1.11. The number of hydrogen-bond donors (Lipinski definition) is 0. The number of carbonyl (C=O) groups excluding carboxylic acids is 4. The van der Waals surface area contributed by atoms with Gasteiger partial charge in [0.2, 0.25) is 18.0 Å². The van der Waals surface area contributed by atoms with Crippen LogP contribution in [0.15, 0.2) is 28.7 Å². The van der Waals surface area contributed by atoms with Crippen LogP contribution in [0.5, 0.6) is 0 Å². The molecule has 1 aromatic heterocycles. The highest BCUT2D eigenvalue weighted by Gasteiger charge is 2.47. The van der Waals surface area contributed by atoms with Crippen molar-refractivity contribution >= 4 is 34.8 Å². The summed E-state index contributed by atoms with van der Waals surface area (Å²) in [6.07, 6.45) is 10.8. The lowest BCUT2D eigenvalue weighted by atomic mass is 9.74. The molecule has 52 heavy (non-hydrogen) atoms. The summed E-state index contributed by atoms with van der Waals surface area (Å²) in [6.45, 7) is 3.64.